The van der Waals surface area contributed by atoms with Gasteiger partial charge in [-0.2, -0.15) is 0 Å². The van der Waals surface area contributed by atoms with Crippen LogP contribution in [0.4, 0.5) is 4.79 Å². The Bertz CT molecular complexity index is 1660. The summed E-state index contributed by atoms with van der Waals surface area (Å²) in [6.07, 6.45) is 1.75. The number of hydrogen-bond donors (Lipinski definition) is 15. The number of aliphatic hydroxyl groups excluding tert-OH is 1. The van der Waals surface area contributed by atoms with E-state index in [1.807, 2.05) is 32.0 Å². The first kappa shape index (κ1) is 43.6. The number of guanidine groups is 1. The third kappa shape index (κ3) is 13.2. The van der Waals surface area contributed by atoms with Gasteiger partial charge >= 0.3 is 6.03 Å². The zero-order valence-electron chi connectivity index (χ0n) is 30.6. The van der Waals surface area contributed by atoms with Crippen LogP contribution in [0.25, 0.3) is 0 Å². The van der Waals surface area contributed by atoms with E-state index in [9.17, 15) is 38.7 Å². The van der Waals surface area contributed by atoms with Crippen LogP contribution in [0.5, 0.6) is 0 Å². The molecule has 3 rings (SSSR count). The smallest absolute Gasteiger partial charge is 0.316 e. The van der Waals surface area contributed by atoms with Gasteiger partial charge in [0.15, 0.2) is 5.96 Å². The standard InChI is InChI=1S/C33H52N14O8/c1-15-5-6-17(8-16(15)2)20-10-21(46-32(37)45-20)26-31(54)40-11-19(36)27(50)44-24(14-48)30(53)43-22(12-39-25(49)9-18(35)4-3-7-34)28(51)42-23(29(52)47-26)13-41-33(38)55/h5-6,8,13,18-22,24,26,48H,3-4,7,9-12,14,34-36H2,1-2H3,(H,39,49)(H,40,54)(H,42,51)(H,43,53)(H,44,50)(H,47,52)(H3,37,45,46)(H3,38,41,55)/b23-13-/t18-,19-,20?,21?,22-,24-,26-/m0/s1. The first-order valence-corrected chi connectivity index (χ1v) is 17.6. The number of carbonyl (C=O) groups is 7. The second kappa shape index (κ2) is 20.6. The van der Waals surface area contributed by atoms with Crippen LogP contribution in [0.15, 0.2) is 30.1 Å². The molecule has 55 heavy (non-hydrogen) atoms. The minimum absolute atomic E-state index is 0.141. The van der Waals surface area contributed by atoms with Gasteiger partial charge in [0.1, 0.15) is 29.9 Å². The lowest BCUT2D eigenvalue weighted by molar-refractivity contribution is -0.134. The number of carbonyl (C=O) groups excluding carboxylic acids is 7. The quantitative estimate of drug-likeness (QED) is 0.0934. The van der Waals surface area contributed by atoms with Crippen molar-refractivity contribution < 1.29 is 38.7 Å². The summed E-state index contributed by atoms with van der Waals surface area (Å²) in [5.74, 6) is -5.88. The van der Waals surface area contributed by atoms with Crippen LogP contribution in [-0.4, -0.2) is 115 Å². The summed E-state index contributed by atoms with van der Waals surface area (Å²) >= 11 is 0. The van der Waals surface area contributed by atoms with Gasteiger partial charge in [-0.15, -0.1) is 0 Å². The number of aryl methyl sites for hydroxylation is 2. The highest BCUT2D eigenvalue weighted by molar-refractivity contribution is 6.02. The van der Waals surface area contributed by atoms with E-state index in [-0.39, 0.29) is 18.8 Å². The van der Waals surface area contributed by atoms with Crippen LogP contribution in [0.3, 0.4) is 0 Å². The van der Waals surface area contributed by atoms with Gasteiger partial charge in [-0.05, 0) is 56.3 Å². The second-order valence-corrected chi connectivity index (χ2v) is 13.3. The third-order valence-corrected chi connectivity index (χ3v) is 8.92. The van der Waals surface area contributed by atoms with Gasteiger partial charge in [0.2, 0.25) is 29.5 Å². The molecule has 8 amide bonds. The van der Waals surface area contributed by atoms with E-state index in [2.05, 4.69) is 47.9 Å². The number of urea groups is 1. The number of aliphatic hydroxyl groups is 1. The van der Waals surface area contributed by atoms with Crippen LogP contribution >= 0.6 is 0 Å². The lowest BCUT2D eigenvalue weighted by Gasteiger charge is -2.37. The maximum atomic E-state index is 13.9. The maximum absolute atomic E-state index is 13.9. The van der Waals surface area contributed by atoms with Crippen LogP contribution < -0.4 is 70.8 Å². The average Bonchev–Trinajstić information content (AvgIpc) is 3.13. The third-order valence-electron chi connectivity index (χ3n) is 8.92. The van der Waals surface area contributed by atoms with Crippen molar-refractivity contribution in [1.82, 2.24) is 47.9 Å². The van der Waals surface area contributed by atoms with Gasteiger partial charge in [-0.3, -0.25) is 34.2 Å². The lowest BCUT2D eigenvalue weighted by Crippen LogP contribution is -2.65. The largest absolute Gasteiger partial charge is 0.394 e. The highest BCUT2D eigenvalue weighted by Crippen LogP contribution is 2.25. The molecular weight excluding hydrogens is 720 g/mol. The highest BCUT2D eigenvalue weighted by atomic mass is 16.3. The molecule has 0 spiro atoms. The summed E-state index contributed by atoms with van der Waals surface area (Å²) in [7, 11) is 0. The fourth-order valence-electron chi connectivity index (χ4n) is 5.66. The van der Waals surface area contributed by atoms with E-state index < -0.39 is 109 Å². The molecule has 2 aliphatic heterocycles. The number of hydrogen-bond acceptors (Lipinski definition) is 12. The molecule has 7 atom stereocenters. The van der Waals surface area contributed by atoms with E-state index in [0.29, 0.717) is 19.4 Å². The number of amides is 8. The van der Waals surface area contributed by atoms with Crippen LogP contribution in [0.1, 0.15) is 48.4 Å². The number of primary amides is 1. The van der Waals surface area contributed by atoms with Gasteiger partial charge in [-0.25, -0.2) is 4.79 Å². The molecule has 1 aromatic rings. The Morgan fingerprint density at radius 1 is 0.982 bits per heavy atom. The fraction of sp³-hybridized carbons (Fsp3) is 0.515. The molecular formula is C33H52N14O8. The zero-order valence-corrected chi connectivity index (χ0v) is 30.6. The zero-order chi connectivity index (χ0) is 40.8. The summed E-state index contributed by atoms with van der Waals surface area (Å²) < 4.78 is 0. The van der Waals surface area contributed by atoms with E-state index in [4.69, 9.17) is 28.3 Å². The van der Waals surface area contributed by atoms with Crippen LogP contribution in [0, 0.1) is 19.3 Å². The molecule has 2 saturated heterocycles. The first-order chi connectivity index (χ1) is 26.0. The highest BCUT2D eigenvalue weighted by Gasteiger charge is 2.38. The summed E-state index contributed by atoms with van der Waals surface area (Å²) in [5, 5.41) is 40.7. The van der Waals surface area contributed by atoms with Gasteiger partial charge in [0.25, 0.3) is 5.91 Å². The van der Waals surface area contributed by atoms with Gasteiger partial charge in [0.05, 0.1) is 18.7 Å². The minimum atomic E-state index is -1.65. The van der Waals surface area contributed by atoms with E-state index in [0.717, 1.165) is 22.9 Å². The van der Waals surface area contributed by atoms with Crippen molar-refractivity contribution in [2.45, 2.75) is 81.8 Å². The molecule has 0 saturated carbocycles. The first-order valence-electron chi connectivity index (χ1n) is 17.6. The minimum Gasteiger partial charge on any atom is -0.394 e. The Labute approximate surface area is 317 Å². The molecule has 19 N–H and O–H groups in total. The molecule has 302 valence electrons. The fourth-order valence-corrected chi connectivity index (χ4v) is 5.66. The molecule has 2 unspecified atom stereocenters. The molecule has 0 radical (unpaired) electrons. The van der Waals surface area contributed by atoms with Crippen molar-refractivity contribution in [3.63, 3.8) is 0 Å². The summed E-state index contributed by atoms with van der Waals surface area (Å²) in [6, 6.07) is -3.70. The normalized spacial score (nSPS) is 25.5. The Kier molecular flexibility index (Phi) is 16.3. The Morgan fingerprint density at radius 3 is 2.35 bits per heavy atom. The molecule has 2 aliphatic rings. The van der Waals surface area contributed by atoms with Crippen molar-refractivity contribution >= 4 is 47.4 Å². The van der Waals surface area contributed by atoms with E-state index in [1.165, 1.54) is 0 Å². The molecule has 2 heterocycles. The number of nitrogens with one attached hydrogen (secondary N) is 10. The van der Waals surface area contributed by atoms with E-state index in [1.54, 1.807) is 0 Å². The summed E-state index contributed by atoms with van der Waals surface area (Å²) in [5.41, 5.74) is 24.9. The van der Waals surface area contributed by atoms with Crippen molar-refractivity contribution in [3.05, 3.63) is 46.8 Å². The van der Waals surface area contributed by atoms with Crippen molar-refractivity contribution in [3.8, 4) is 0 Å². The Balaban J connectivity index is 2.00. The van der Waals surface area contributed by atoms with Gasteiger partial charge < -0.3 is 75.9 Å². The predicted molar refractivity (Wildman–Crippen MR) is 198 cm³/mol. The SMILES string of the molecule is Cc1ccc(C2CC([C@@H]3NC(=O)/C(=C/NC(N)=O)NC(=O)[C@H](CNC(=O)C[C@@H](N)CCCN)NC(=O)[C@H](CO)NC(=O)[C@@H](N)CNC3=O)NC(=N)N2)cc1C. The lowest BCUT2D eigenvalue weighted by atomic mass is 9.91. The van der Waals surface area contributed by atoms with E-state index >= 15 is 0 Å². The molecule has 2 fully saturated rings. The Morgan fingerprint density at radius 2 is 1.69 bits per heavy atom. The number of rotatable bonds is 11. The van der Waals surface area contributed by atoms with Crippen molar-refractivity contribution in [2.24, 2.45) is 22.9 Å². The number of benzene rings is 1. The molecule has 22 nitrogen and oxygen atoms in total. The molecule has 1 aromatic carbocycles. The monoisotopic (exact) mass is 772 g/mol. The molecule has 0 aliphatic carbocycles. The second-order valence-electron chi connectivity index (χ2n) is 13.3. The Hall–Kier alpha value is -5.84. The van der Waals surface area contributed by atoms with Crippen molar-refractivity contribution in [2.75, 3.05) is 26.2 Å². The van der Waals surface area contributed by atoms with Gasteiger partial charge in [-0.1, -0.05) is 18.2 Å². The maximum Gasteiger partial charge on any atom is 0.316 e. The molecule has 0 aromatic heterocycles. The van der Waals surface area contributed by atoms with Crippen LogP contribution in [0.2, 0.25) is 0 Å². The topological polar surface area (TPSA) is 376 Å². The average molecular weight is 773 g/mol. The number of nitrogens with two attached hydrogens (primary N) is 4. The summed E-state index contributed by atoms with van der Waals surface area (Å²) in [6.45, 7) is 2.23. The van der Waals surface area contributed by atoms with Crippen molar-refractivity contribution in [1.29, 1.82) is 5.41 Å². The summed E-state index contributed by atoms with van der Waals surface area (Å²) in [4.78, 5) is 91.9. The van der Waals surface area contributed by atoms with Crippen LogP contribution in [-0.2, 0) is 28.8 Å². The molecule has 22 heteroatoms. The predicted octanol–water partition coefficient (Wildman–Crippen LogP) is -5.67. The molecule has 0 bridgehead atoms. The van der Waals surface area contributed by atoms with Gasteiger partial charge in [0, 0.05) is 31.8 Å².